The molecule has 0 aromatic heterocycles. The summed E-state index contributed by atoms with van der Waals surface area (Å²) in [6, 6.07) is 4.27. The van der Waals surface area contributed by atoms with E-state index in [0.29, 0.717) is 30.0 Å². The second-order valence-electron chi connectivity index (χ2n) is 4.56. The second-order valence-corrected chi connectivity index (χ2v) is 4.96. The maximum atomic E-state index is 6.17. The number of halogens is 1. The van der Waals surface area contributed by atoms with Gasteiger partial charge in [0.05, 0.1) is 5.02 Å². The van der Waals surface area contributed by atoms with Crippen LogP contribution in [0.2, 0.25) is 5.02 Å². The number of benzene rings is 1. The molecule has 17 heavy (non-hydrogen) atoms. The number of nitrogens with zero attached hydrogens (tertiary/aromatic N) is 1. The molecule has 4 nitrogen and oxygen atoms in total. The van der Waals surface area contributed by atoms with Gasteiger partial charge >= 0.3 is 0 Å². The second kappa shape index (κ2) is 4.37. The Hall–Kier alpha value is -0.970. The van der Waals surface area contributed by atoms with Crippen LogP contribution in [-0.4, -0.2) is 37.2 Å². The molecule has 0 bridgehead atoms. The average molecular weight is 255 g/mol. The first kappa shape index (κ1) is 11.1. The Morgan fingerprint density at radius 2 is 2.06 bits per heavy atom. The zero-order chi connectivity index (χ0) is 11.8. The summed E-state index contributed by atoms with van der Waals surface area (Å²) in [5, 5.41) is 0.627. The maximum absolute atomic E-state index is 6.17. The molecular weight excluding hydrogens is 240 g/mol. The van der Waals surface area contributed by atoms with Crippen molar-refractivity contribution in [1.82, 2.24) is 4.90 Å². The van der Waals surface area contributed by atoms with E-state index < -0.39 is 0 Å². The third kappa shape index (κ3) is 2.20. The molecule has 5 heteroatoms. The molecular formula is C12H15ClN2O2. The number of hydrogen-bond donors (Lipinski definition) is 1. The molecule has 0 aliphatic carbocycles. The Balaban J connectivity index is 1.78. The molecule has 2 aliphatic rings. The number of hydrogen-bond acceptors (Lipinski definition) is 4. The Labute approximate surface area is 105 Å². The van der Waals surface area contributed by atoms with Crippen molar-refractivity contribution >= 4 is 11.6 Å². The van der Waals surface area contributed by atoms with Gasteiger partial charge in [0.15, 0.2) is 11.5 Å². The van der Waals surface area contributed by atoms with Crippen LogP contribution in [0, 0.1) is 0 Å². The zero-order valence-corrected chi connectivity index (χ0v) is 10.2. The fourth-order valence-electron chi connectivity index (χ4n) is 2.25. The van der Waals surface area contributed by atoms with Crippen molar-refractivity contribution in [3.05, 3.63) is 22.7 Å². The lowest BCUT2D eigenvalue weighted by atomic mass is 10.1. The highest BCUT2D eigenvalue weighted by Crippen LogP contribution is 2.38. The highest BCUT2D eigenvalue weighted by molar-refractivity contribution is 6.32. The summed E-state index contributed by atoms with van der Waals surface area (Å²) in [6.45, 7) is 3.91. The summed E-state index contributed by atoms with van der Waals surface area (Å²) in [5.41, 5.74) is 6.90. The Kier molecular flexibility index (Phi) is 2.86. The van der Waals surface area contributed by atoms with E-state index in [9.17, 15) is 0 Å². The summed E-state index contributed by atoms with van der Waals surface area (Å²) in [4.78, 5) is 2.28. The lowest BCUT2D eigenvalue weighted by Crippen LogP contribution is -2.54. The van der Waals surface area contributed by atoms with Gasteiger partial charge in [-0.15, -0.1) is 0 Å². The molecule has 3 rings (SSSR count). The van der Waals surface area contributed by atoms with Crippen molar-refractivity contribution in [3.8, 4) is 11.5 Å². The zero-order valence-electron chi connectivity index (χ0n) is 9.49. The predicted molar refractivity (Wildman–Crippen MR) is 65.7 cm³/mol. The molecule has 92 valence electrons. The van der Waals surface area contributed by atoms with Crippen molar-refractivity contribution in [3.63, 3.8) is 0 Å². The fraction of sp³-hybridized carbons (Fsp3) is 0.500. The van der Waals surface area contributed by atoms with Crippen molar-refractivity contribution in [2.45, 2.75) is 12.6 Å². The summed E-state index contributed by atoms with van der Waals surface area (Å²) >= 11 is 6.17. The molecule has 1 aromatic carbocycles. The first-order valence-electron chi connectivity index (χ1n) is 5.78. The third-order valence-electron chi connectivity index (χ3n) is 3.05. The molecule has 0 radical (unpaired) electrons. The minimum Gasteiger partial charge on any atom is -0.486 e. The van der Waals surface area contributed by atoms with Gasteiger partial charge in [-0.05, 0) is 17.7 Å². The quantitative estimate of drug-likeness (QED) is 0.863. The molecule has 2 heterocycles. The van der Waals surface area contributed by atoms with Crippen LogP contribution in [0.4, 0.5) is 0 Å². The monoisotopic (exact) mass is 254 g/mol. The van der Waals surface area contributed by atoms with Crippen LogP contribution < -0.4 is 15.2 Å². The molecule has 0 amide bonds. The number of ether oxygens (including phenoxy) is 2. The molecule has 1 fully saturated rings. The molecule has 0 saturated carbocycles. The van der Waals surface area contributed by atoms with E-state index in [4.69, 9.17) is 26.8 Å². The van der Waals surface area contributed by atoms with Crippen LogP contribution >= 0.6 is 11.6 Å². The number of nitrogens with two attached hydrogens (primary N) is 1. The molecule has 0 spiro atoms. The minimum absolute atomic E-state index is 0.322. The molecule has 1 aromatic rings. The average Bonchev–Trinajstić information content (AvgIpc) is 2.27. The van der Waals surface area contributed by atoms with E-state index in [2.05, 4.69) is 4.90 Å². The van der Waals surface area contributed by atoms with Gasteiger partial charge in [0.2, 0.25) is 0 Å². The first-order chi connectivity index (χ1) is 8.22. The maximum Gasteiger partial charge on any atom is 0.179 e. The van der Waals surface area contributed by atoms with E-state index >= 15 is 0 Å². The van der Waals surface area contributed by atoms with Crippen molar-refractivity contribution in [2.75, 3.05) is 26.3 Å². The lowest BCUT2D eigenvalue weighted by molar-refractivity contribution is 0.141. The van der Waals surface area contributed by atoms with Crippen LogP contribution in [0.1, 0.15) is 5.56 Å². The van der Waals surface area contributed by atoms with Gasteiger partial charge in [0.25, 0.3) is 0 Å². The predicted octanol–water partition coefficient (Wildman–Crippen LogP) is 1.25. The number of likely N-dealkylation sites (tertiary alicyclic amines) is 1. The Bertz CT molecular complexity index is 433. The van der Waals surface area contributed by atoms with Gasteiger partial charge in [-0.2, -0.15) is 0 Å². The highest BCUT2D eigenvalue weighted by atomic mass is 35.5. The molecule has 1 saturated heterocycles. The van der Waals surface area contributed by atoms with Gasteiger partial charge in [-0.3, -0.25) is 4.90 Å². The van der Waals surface area contributed by atoms with E-state index in [1.807, 2.05) is 12.1 Å². The SMILES string of the molecule is NC1CN(Cc2cc(Cl)c3c(c2)OCCO3)C1. The summed E-state index contributed by atoms with van der Waals surface area (Å²) < 4.78 is 11.0. The van der Waals surface area contributed by atoms with Gasteiger partial charge in [-0.1, -0.05) is 11.6 Å². The van der Waals surface area contributed by atoms with Gasteiger partial charge in [-0.25, -0.2) is 0 Å². The minimum atomic E-state index is 0.322. The van der Waals surface area contributed by atoms with Gasteiger partial charge < -0.3 is 15.2 Å². The third-order valence-corrected chi connectivity index (χ3v) is 3.33. The van der Waals surface area contributed by atoms with Crippen LogP contribution in [0.25, 0.3) is 0 Å². The van der Waals surface area contributed by atoms with E-state index in [-0.39, 0.29) is 0 Å². The lowest BCUT2D eigenvalue weighted by Gasteiger charge is -2.37. The molecule has 2 N–H and O–H groups in total. The van der Waals surface area contributed by atoms with Crippen molar-refractivity contribution in [1.29, 1.82) is 0 Å². The fourth-order valence-corrected chi connectivity index (χ4v) is 2.54. The van der Waals surface area contributed by atoms with Crippen LogP contribution in [0.3, 0.4) is 0 Å². The molecule has 0 atom stereocenters. The Morgan fingerprint density at radius 1 is 1.29 bits per heavy atom. The van der Waals surface area contributed by atoms with E-state index in [1.54, 1.807) is 0 Å². The van der Waals surface area contributed by atoms with Crippen LogP contribution in [-0.2, 0) is 6.54 Å². The topological polar surface area (TPSA) is 47.7 Å². The largest absolute Gasteiger partial charge is 0.486 e. The first-order valence-corrected chi connectivity index (χ1v) is 6.16. The highest BCUT2D eigenvalue weighted by Gasteiger charge is 2.24. The summed E-state index contributed by atoms with van der Waals surface area (Å²) in [7, 11) is 0. The normalized spacial score (nSPS) is 20.1. The van der Waals surface area contributed by atoms with E-state index in [0.717, 1.165) is 30.9 Å². The van der Waals surface area contributed by atoms with Crippen molar-refractivity contribution < 1.29 is 9.47 Å². The summed E-state index contributed by atoms with van der Waals surface area (Å²) in [5.74, 6) is 1.42. The van der Waals surface area contributed by atoms with Crippen molar-refractivity contribution in [2.24, 2.45) is 5.73 Å². The molecule has 0 unspecified atom stereocenters. The number of rotatable bonds is 2. The smallest absolute Gasteiger partial charge is 0.179 e. The van der Waals surface area contributed by atoms with Gasteiger partial charge in [0, 0.05) is 25.7 Å². The van der Waals surface area contributed by atoms with Crippen LogP contribution in [0.15, 0.2) is 12.1 Å². The van der Waals surface area contributed by atoms with E-state index in [1.165, 1.54) is 0 Å². The standard InChI is InChI=1S/C12H15ClN2O2/c13-10-3-8(5-15-6-9(14)7-15)4-11-12(10)17-2-1-16-11/h3-4,9H,1-2,5-7,14H2. The number of fused-ring (bicyclic) bond motifs is 1. The van der Waals surface area contributed by atoms with Crippen LogP contribution in [0.5, 0.6) is 11.5 Å². The summed E-state index contributed by atoms with van der Waals surface area (Å²) in [6.07, 6.45) is 0. The van der Waals surface area contributed by atoms with Gasteiger partial charge in [0.1, 0.15) is 13.2 Å². The Morgan fingerprint density at radius 3 is 2.82 bits per heavy atom. The molecule has 2 aliphatic heterocycles.